The fraction of sp³-hybridized carbons (Fsp3) is 0.500. The van der Waals surface area contributed by atoms with Crippen LogP contribution in [0.4, 0.5) is 0 Å². The van der Waals surface area contributed by atoms with Crippen molar-refractivity contribution in [3.05, 3.63) is 41.6 Å². The summed E-state index contributed by atoms with van der Waals surface area (Å²) in [5.74, 6) is 2.66. The third-order valence-electron chi connectivity index (χ3n) is 3.33. The van der Waals surface area contributed by atoms with Crippen molar-refractivity contribution >= 4 is 0 Å². The third-order valence-corrected chi connectivity index (χ3v) is 3.33. The minimum Gasteiger partial charge on any atom is -0.312 e. The Bertz CT molecular complexity index is 557. The number of rotatable bonds is 6. The molecule has 0 fully saturated rings. The van der Waals surface area contributed by atoms with Crippen LogP contribution in [0.15, 0.2) is 24.5 Å². The van der Waals surface area contributed by atoms with Crippen molar-refractivity contribution in [2.75, 3.05) is 6.54 Å². The van der Waals surface area contributed by atoms with Crippen molar-refractivity contribution in [2.24, 2.45) is 5.92 Å². The van der Waals surface area contributed by atoms with Crippen LogP contribution in [0.25, 0.3) is 5.82 Å². The molecule has 0 aliphatic rings. The van der Waals surface area contributed by atoms with Gasteiger partial charge in [-0.2, -0.15) is 0 Å². The molecule has 0 bridgehead atoms. The van der Waals surface area contributed by atoms with Crippen LogP contribution in [0.3, 0.4) is 0 Å². The Hall–Kier alpha value is -1.68. The topological polar surface area (TPSA) is 42.7 Å². The molecule has 2 aromatic rings. The highest BCUT2D eigenvalue weighted by molar-refractivity contribution is 5.31. The van der Waals surface area contributed by atoms with Gasteiger partial charge in [0, 0.05) is 31.1 Å². The van der Waals surface area contributed by atoms with Gasteiger partial charge in [0.25, 0.3) is 0 Å². The summed E-state index contributed by atoms with van der Waals surface area (Å²) >= 11 is 0. The maximum atomic E-state index is 4.70. The molecule has 0 saturated carbocycles. The minimum absolute atomic E-state index is 0.667. The number of pyridine rings is 1. The number of aromatic nitrogens is 3. The molecule has 0 aliphatic carbocycles. The average molecular weight is 272 g/mol. The smallest absolute Gasteiger partial charge is 0.138 e. The van der Waals surface area contributed by atoms with Crippen LogP contribution in [0.2, 0.25) is 0 Å². The SMILES string of the molecule is CCc1nccn1-c1ccc(CNCC(C)C)c(C)n1. The van der Waals surface area contributed by atoms with Crippen molar-refractivity contribution < 1.29 is 0 Å². The highest BCUT2D eigenvalue weighted by atomic mass is 15.1. The van der Waals surface area contributed by atoms with Crippen LogP contribution in [-0.4, -0.2) is 21.1 Å². The lowest BCUT2D eigenvalue weighted by Crippen LogP contribution is -2.19. The molecule has 20 heavy (non-hydrogen) atoms. The van der Waals surface area contributed by atoms with Crippen LogP contribution in [0, 0.1) is 12.8 Å². The fourth-order valence-corrected chi connectivity index (χ4v) is 2.20. The van der Waals surface area contributed by atoms with Gasteiger partial charge >= 0.3 is 0 Å². The number of hydrogen-bond donors (Lipinski definition) is 1. The molecule has 108 valence electrons. The molecule has 0 aliphatic heterocycles. The highest BCUT2D eigenvalue weighted by Gasteiger charge is 2.07. The van der Waals surface area contributed by atoms with E-state index in [4.69, 9.17) is 4.98 Å². The second-order valence-corrected chi connectivity index (χ2v) is 5.51. The summed E-state index contributed by atoms with van der Waals surface area (Å²) in [6.07, 6.45) is 4.71. The van der Waals surface area contributed by atoms with Crippen molar-refractivity contribution in [3.8, 4) is 5.82 Å². The number of imidazole rings is 1. The van der Waals surface area contributed by atoms with Gasteiger partial charge in [0.05, 0.1) is 0 Å². The molecule has 0 unspecified atom stereocenters. The first kappa shape index (κ1) is 14.7. The van der Waals surface area contributed by atoms with Crippen LogP contribution >= 0.6 is 0 Å². The number of hydrogen-bond acceptors (Lipinski definition) is 3. The summed E-state index contributed by atoms with van der Waals surface area (Å²) in [7, 11) is 0. The molecule has 1 N–H and O–H groups in total. The zero-order valence-electron chi connectivity index (χ0n) is 12.8. The average Bonchev–Trinajstić information content (AvgIpc) is 2.88. The Kier molecular flexibility index (Phi) is 4.90. The van der Waals surface area contributed by atoms with Gasteiger partial charge in [0.15, 0.2) is 0 Å². The molecular formula is C16H24N4. The molecule has 2 heterocycles. The van der Waals surface area contributed by atoms with Gasteiger partial charge in [-0.05, 0) is 31.0 Å². The Morgan fingerprint density at radius 3 is 2.75 bits per heavy atom. The van der Waals surface area contributed by atoms with E-state index in [1.807, 2.05) is 12.4 Å². The fourth-order valence-electron chi connectivity index (χ4n) is 2.20. The molecule has 0 saturated heterocycles. The van der Waals surface area contributed by atoms with E-state index >= 15 is 0 Å². The zero-order chi connectivity index (χ0) is 14.5. The molecule has 0 atom stereocenters. The van der Waals surface area contributed by atoms with E-state index in [0.717, 1.165) is 36.8 Å². The van der Waals surface area contributed by atoms with Gasteiger partial charge in [0.2, 0.25) is 0 Å². The van der Waals surface area contributed by atoms with Gasteiger partial charge in [-0.15, -0.1) is 0 Å². The molecule has 2 rings (SSSR count). The number of nitrogens with one attached hydrogen (secondary N) is 1. The van der Waals surface area contributed by atoms with Gasteiger partial charge < -0.3 is 5.32 Å². The van der Waals surface area contributed by atoms with E-state index in [1.54, 1.807) is 0 Å². The lowest BCUT2D eigenvalue weighted by Gasteiger charge is -2.11. The van der Waals surface area contributed by atoms with Gasteiger partial charge in [-0.3, -0.25) is 4.57 Å². The summed E-state index contributed by atoms with van der Waals surface area (Å²) in [4.78, 5) is 9.05. The van der Waals surface area contributed by atoms with Crippen molar-refractivity contribution in [1.29, 1.82) is 0 Å². The second kappa shape index (κ2) is 6.66. The first-order chi connectivity index (χ1) is 9.61. The molecule has 0 spiro atoms. The third kappa shape index (κ3) is 3.45. The van der Waals surface area contributed by atoms with Gasteiger partial charge in [-0.25, -0.2) is 9.97 Å². The molecule has 2 aromatic heterocycles. The zero-order valence-corrected chi connectivity index (χ0v) is 12.8. The molecule has 4 heteroatoms. The summed E-state index contributed by atoms with van der Waals surface area (Å²) in [6, 6.07) is 4.23. The van der Waals surface area contributed by atoms with Crippen LogP contribution < -0.4 is 5.32 Å². The maximum Gasteiger partial charge on any atom is 0.138 e. The Morgan fingerprint density at radius 1 is 1.30 bits per heavy atom. The van der Waals surface area contributed by atoms with E-state index < -0.39 is 0 Å². The standard InChI is InChI=1S/C16H24N4/c1-5-15-18-8-9-20(15)16-7-6-14(13(4)19-16)11-17-10-12(2)3/h6-9,12,17H,5,10-11H2,1-4H3. The summed E-state index contributed by atoms with van der Waals surface area (Å²) in [5.41, 5.74) is 2.34. The summed E-state index contributed by atoms with van der Waals surface area (Å²) < 4.78 is 2.05. The van der Waals surface area contributed by atoms with Gasteiger partial charge in [-0.1, -0.05) is 26.8 Å². The van der Waals surface area contributed by atoms with Crippen molar-refractivity contribution in [1.82, 2.24) is 19.9 Å². The monoisotopic (exact) mass is 272 g/mol. The van der Waals surface area contributed by atoms with E-state index in [0.29, 0.717) is 5.92 Å². The molecule has 0 radical (unpaired) electrons. The largest absolute Gasteiger partial charge is 0.312 e. The van der Waals surface area contributed by atoms with E-state index in [2.05, 4.69) is 54.7 Å². The molecule has 0 amide bonds. The van der Waals surface area contributed by atoms with E-state index in [-0.39, 0.29) is 0 Å². The Morgan fingerprint density at radius 2 is 2.10 bits per heavy atom. The maximum absolute atomic E-state index is 4.70. The summed E-state index contributed by atoms with van der Waals surface area (Å²) in [6.45, 7) is 10.5. The normalized spacial score (nSPS) is 11.2. The second-order valence-electron chi connectivity index (χ2n) is 5.51. The van der Waals surface area contributed by atoms with E-state index in [1.165, 1.54) is 5.56 Å². The van der Waals surface area contributed by atoms with Crippen LogP contribution in [-0.2, 0) is 13.0 Å². The van der Waals surface area contributed by atoms with Gasteiger partial charge in [0.1, 0.15) is 11.6 Å². The lowest BCUT2D eigenvalue weighted by molar-refractivity contribution is 0.551. The van der Waals surface area contributed by atoms with Crippen LogP contribution in [0.5, 0.6) is 0 Å². The predicted octanol–water partition coefficient (Wildman–Crippen LogP) is 2.88. The Labute approximate surface area is 121 Å². The first-order valence-electron chi connectivity index (χ1n) is 7.31. The minimum atomic E-state index is 0.667. The quantitative estimate of drug-likeness (QED) is 0.879. The summed E-state index contributed by atoms with van der Waals surface area (Å²) in [5, 5.41) is 3.46. The number of nitrogens with zero attached hydrogens (tertiary/aromatic N) is 3. The Balaban J connectivity index is 2.13. The van der Waals surface area contributed by atoms with Crippen molar-refractivity contribution in [2.45, 2.75) is 40.7 Å². The van der Waals surface area contributed by atoms with E-state index in [9.17, 15) is 0 Å². The predicted molar refractivity (Wildman–Crippen MR) is 82.0 cm³/mol. The molecular weight excluding hydrogens is 248 g/mol. The number of aryl methyl sites for hydroxylation is 2. The highest BCUT2D eigenvalue weighted by Crippen LogP contribution is 2.13. The first-order valence-corrected chi connectivity index (χ1v) is 7.31. The lowest BCUT2D eigenvalue weighted by atomic mass is 10.2. The van der Waals surface area contributed by atoms with Crippen molar-refractivity contribution in [3.63, 3.8) is 0 Å². The van der Waals surface area contributed by atoms with Crippen LogP contribution in [0.1, 0.15) is 37.9 Å². The molecule has 4 nitrogen and oxygen atoms in total. The molecule has 0 aromatic carbocycles.